The van der Waals surface area contributed by atoms with Crippen molar-refractivity contribution in [2.75, 3.05) is 13.2 Å². The number of ether oxygens (including phenoxy) is 1. The molecular weight excluding hydrogens is 282 g/mol. The Kier molecular flexibility index (Phi) is 6.18. The quantitative estimate of drug-likeness (QED) is 0.731. The number of hydrogen-bond donors (Lipinski definition) is 2. The van der Waals surface area contributed by atoms with E-state index in [4.69, 9.17) is 9.15 Å². The van der Waals surface area contributed by atoms with Crippen LogP contribution in [0.2, 0.25) is 0 Å². The summed E-state index contributed by atoms with van der Waals surface area (Å²) in [6.45, 7) is 2.96. The van der Waals surface area contributed by atoms with Crippen LogP contribution in [0.3, 0.4) is 0 Å². The summed E-state index contributed by atoms with van der Waals surface area (Å²) in [7, 11) is 0. The van der Waals surface area contributed by atoms with Crippen LogP contribution in [0.4, 0.5) is 0 Å². The average molecular weight is 303 g/mol. The number of carbonyl (C=O) groups is 1. The Hall–Kier alpha value is -2.11. The monoisotopic (exact) mass is 303 g/mol. The molecule has 0 fully saturated rings. The van der Waals surface area contributed by atoms with Gasteiger partial charge in [-0.1, -0.05) is 30.3 Å². The van der Waals surface area contributed by atoms with E-state index < -0.39 is 12.1 Å². The van der Waals surface area contributed by atoms with Gasteiger partial charge in [0, 0.05) is 6.54 Å². The topological polar surface area (TPSA) is 71.7 Å². The van der Waals surface area contributed by atoms with Gasteiger partial charge in [0.05, 0.1) is 19.3 Å². The van der Waals surface area contributed by atoms with E-state index in [1.807, 2.05) is 30.3 Å². The van der Waals surface area contributed by atoms with Gasteiger partial charge in [0.25, 0.3) is 0 Å². The highest BCUT2D eigenvalue weighted by atomic mass is 16.5. The second-order valence-corrected chi connectivity index (χ2v) is 4.96. The third-order valence-corrected chi connectivity index (χ3v) is 3.13. The fraction of sp³-hybridized carbons (Fsp3) is 0.353. The molecule has 5 heteroatoms. The third kappa shape index (κ3) is 5.02. The lowest BCUT2D eigenvalue weighted by Crippen LogP contribution is -2.27. The minimum Gasteiger partial charge on any atom is -0.460 e. The van der Waals surface area contributed by atoms with Crippen molar-refractivity contribution in [2.24, 2.45) is 0 Å². The second kappa shape index (κ2) is 8.36. The maximum atomic E-state index is 11.5. The van der Waals surface area contributed by atoms with Gasteiger partial charge in [-0.3, -0.25) is 0 Å². The number of benzene rings is 1. The van der Waals surface area contributed by atoms with Crippen LogP contribution in [-0.4, -0.2) is 30.3 Å². The molecule has 0 saturated carbocycles. The molecule has 1 aromatic carbocycles. The van der Waals surface area contributed by atoms with Crippen LogP contribution in [0.1, 0.15) is 28.8 Å². The first kappa shape index (κ1) is 16.3. The zero-order valence-corrected chi connectivity index (χ0v) is 12.6. The first-order valence-corrected chi connectivity index (χ1v) is 7.37. The molecule has 118 valence electrons. The highest BCUT2D eigenvalue weighted by Gasteiger charge is 2.12. The van der Waals surface area contributed by atoms with Gasteiger partial charge in [-0.25, -0.2) is 4.79 Å². The van der Waals surface area contributed by atoms with E-state index in [2.05, 4.69) is 5.32 Å². The first-order valence-electron chi connectivity index (χ1n) is 7.37. The Bertz CT molecular complexity index is 579. The number of rotatable bonds is 8. The Morgan fingerprint density at radius 2 is 2.05 bits per heavy atom. The van der Waals surface area contributed by atoms with E-state index in [0.717, 1.165) is 5.56 Å². The van der Waals surface area contributed by atoms with E-state index >= 15 is 0 Å². The maximum absolute atomic E-state index is 11.5. The fourth-order valence-corrected chi connectivity index (χ4v) is 2.11. The normalized spacial score (nSPS) is 12.1. The van der Waals surface area contributed by atoms with Crippen molar-refractivity contribution < 1.29 is 19.1 Å². The molecule has 5 nitrogen and oxygen atoms in total. The summed E-state index contributed by atoms with van der Waals surface area (Å²) in [5.41, 5.74) is 1.10. The van der Waals surface area contributed by atoms with Crippen molar-refractivity contribution >= 4 is 5.97 Å². The minimum atomic E-state index is -0.470. The maximum Gasteiger partial charge on any atom is 0.374 e. The van der Waals surface area contributed by atoms with E-state index in [0.29, 0.717) is 31.9 Å². The highest BCUT2D eigenvalue weighted by molar-refractivity contribution is 5.86. The van der Waals surface area contributed by atoms with Crippen molar-refractivity contribution in [1.29, 1.82) is 0 Å². The Morgan fingerprint density at radius 1 is 1.27 bits per heavy atom. The summed E-state index contributed by atoms with van der Waals surface area (Å²) in [6.07, 6.45) is 0.127. The smallest absolute Gasteiger partial charge is 0.374 e. The van der Waals surface area contributed by atoms with Crippen LogP contribution < -0.4 is 5.32 Å². The van der Waals surface area contributed by atoms with Gasteiger partial charge in [0.1, 0.15) is 5.76 Å². The molecule has 0 aliphatic heterocycles. The van der Waals surface area contributed by atoms with Crippen LogP contribution in [0.15, 0.2) is 46.9 Å². The van der Waals surface area contributed by atoms with Crippen molar-refractivity contribution in [3.63, 3.8) is 0 Å². The Labute approximate surface area is 129 Å². The Morgan fingerprint density at radius 3 is 2.77 bits per heavy atom. The van der Waals surface area contributed by atoms with E-state index in [1.165, 1.54) is 0 Å². The lowest BCUT2D eigenvalue weighted by atomic mass is 10.1. The minimum absolute atomic E-state index is 0.198. The van der Waals surface area contributed by atoms with Crippen LogP contribution >= 0.6 is 0 Å². The van der Waals surface area contributed by atoms with Crippen LogP contribution in [-0.2, 0) is 17.7 Å². The van der Waals surface area contributed by atoms with Gasteiger partial charge in [-0.05, 0) is 31.0 Å². The molecule has 2 N–H and O–H groups in total. The van der Waals surface area contributed by atoms with Crippen molar-refractivity contribution in [3.8, 4) is 0 Å². The van der Waals surface area contributed by atoms with Crippen molar-refractivity contribution in [3.05, 3.63) is 59.5 Å². The average Bonchev–Trinajstić information content (AvgIpc) is 2.97. The molecule has 2 rings (SSSR count). The van der Waals surface area contributed by atoms with E-state index in [9.17, 15) is 9.90 Å². The SMILES string of the molecule is CCOC(=O)c1ccc(CNC[C@H](O)Cc2ccccc2)o1. The van der Waals surface area contributed by atoms with Gasteiger partial charge in [0.2, 0.25) is 5.76 Å². The number of nitrogens with one attached hydrogen (secondary N) is 1. The van der Waals surface area contributed by atoms with Crippen LogP contribution in [0.5, 0.6) is 0 Å². The molecule has 2 aromatic rings. The zero-order valence-electron chi connectivity index (χ0n) is 12.6. The molecule has 0 saturated heterocycles. The number of aliphatic hydroxyl groups is 1. The summed E-state index contributed by atoms with van der Waals surface area (Å²) in [4.78, 5) is 11.5. The highest BCUT2D eigenvalue weighted by Crippen LogP contribution is 2.09. The van der Waals surface area contributed by atoms with Crippen LogP contribution in [0, 0.1) is 0 Å². The molecule has 0 amide bonds. The largest absolute Gasteiger partial charge is 0.460 e. The number of esters is 1. The van der Waals surface area contributed by atoms with Gasteiger partial charge >= 0.3 is 5.97 Å². The molecular formula is C17H21NO4. The molecule has 1 heterocycles. The van der Waals surface area contributed by atoms with Gasteiger partial charge < -0.3 is 19.6 Å². The Balaban J connectivity index is 1.73. The van der Waals surface area contributed by atoms with Crippen molar-refractivity contribution in [2.45, 2.75) is 26.0 Å². The molecule has 0 bridgehead atoms. The zero-order chi connectivity index (χ0) is 15.8. The lowest BCUT2D eigenvalue weighted by Gasteiger charge is -2.11. The molecule has 0 radical (unpaired) electrons. The molecule has 1 aromatic heterocycles. The van der Waals surface area contributed by atoms with Gasteiger partial charge in [-0.15, -0.1) is 0 Å². The number of furan rings is 1. The summed E-state index contributed by atoms with van der Waals surface area (Å²) in [5.74, 6) is 0.372. The summed E-state index contributed by atoms with van der Waals surface area (Å²) in [6, 6.07) is 13.2. The number of carbonyl (C=O) groups excluding carboxylic acids is 1. The standard InChI is InChI=1S/C17H21NO4/c1-2-21-17(20)16-9-8-15(22-16)12-18-11-14(19)10-13-6-4-3-5-7-13/h3-9,14,18-19H,2,10-12H2,1H3/t14-/m1/s1. The summed E-state index contributed by atoms with van der Waals surface area (Å²) >= 11 is 0. The van der Waals surface area contributed by atoms with E-state index in [1.54, 1.807) is 19.1 Å². The molecule has 1 atom stereocenters. The number of aliphatic hydroxyl groups excluding tert-OH is 1. The van der Waals surface area contributed by atoms with E-state index in [-0.39, 0.29) is 5.76 Å². The number of hydrogen-bond acceptors (Lipinski definition) is 5. The lowest BCUT2D eigenvalue weighted by molar-refractivity contribution is 0.0487. The van der Waals surface area contributed by atoms with Gasteiger partial charge in [-0.2, -0.15) is 0 Å². The predicted octanol–water partition coefficient (Wildman–Crippen LogP) is 2.15. The first-order chi connectivity index (χ1) is 10.7. The van der Waals surface area contributed by atoms with Crippen molar-refractivity contribution in [1.82, 2.24) is 5.32 Å². The molecule has 0 aliphatic carbocycles. The third-order valence-electron chi connectivity index (χ3n) is 3.13. The second-order valence-electron chi connectivity index (χ2n) is 4.96. The molecule has 0 aliphatic rings. The molecule has 0 spiro atoms. The fourth-order valence-electron chi connectivity index (χ4n) is 2.11. The molecule has 0 unspecified atom stereocenters. The van der Waals surface area contributed by atoms with Crippen LogP contribution in [0.25, 0.3) is 0 Å². The summed E-state index contributed by atoms with van der Waals surface area (Å²) in [5, 5.41) is 13.1. The summed E-state index contributed by atoms with van der Waals surface area (Å²) < 4.78 is 10.2. The molecule has 22 heavy (non-hydrogen) atoms. The predicted molar refractivity (Wildman–Crippen MR) is 82.5 cm³/mol. The van der Waals surface area contributed by atoms with Gasteiger partial charge in [0.15, 0.2) is 0 Å².